The summed E-state index contributed by atoms with van der Waals surface area (Å²) in [6.07, 6.45) is 0. The van der Waals surface area contributed by atoms with E-state index in [0.717, 1.165) is 5.56 Å². The van der Waals surface area contributed by atoms with E-state index in [1.54, 1.807) is 14.2 Å². The van der Waals surface area contributed by atoms with Crippen LogP contribution in [0, 0.1) is 0 Å². The monoisotopic (exact) mass is 216 g/mol. The Balaban J connectivity index is 2.93. The van der Waals surface area contributed by atoms with Crippen molar-refractivity contribution in [2.24, 2.45) is 0 Å². The lowest BCUT2D eigenvalue weighted by Crippen LogP contribution is -2.02. The van der Waals surface area contributed by atoms with Gasteiger partial charge in [-0.1, -0.05) is 12.1 Å². The van der Waals surface area contributed by atoms with Crippen LogP contribution >= 0.6 is 11.6 Å². The van der Waals surface area contributed by atoms with Gasteiger partial charge in [-0.15, -0.1) is 11.6 Å². The van der Waals surface area contributed by atoms with Crippen molar-refractivity contribution < 1.29 is 14.2 Å². The van der Waals surface area contributed by atoms with Crippen molar-refractivity contribution in [3.05, 3.63) is 23.8 Å². The summed E-state index contributed by atoms with van der Waals surface area (Å²) in [6, 6.07) is 5.58. The van der Waals surface area contributed by atoms with E-state index in [4.69, 9.17) is 25.8 Å². The van der Waals surface area contributed by atoms with Crippen LogP contribution in [0.25, 0.3) is 0 Å². The maximum atomic E-state index is 5.76. The summed E-state index contributed by atoms with van der Waals surface area (Å²) in [6.45, 7) is 0.185. The highest BCUT2D eigenvalue weighted by atomic mass is 35.5. The Bertz CT molecular complexity index is 266. The molecule has 0 saturated carbocycles. The molecular formula is C10H13ClO3. The molecule has 1 aromatic carbocycles. The lowest BCUT2D eigenvalue weighted by Gasteiger charge is -2.12. The summed E-state index contributed by atoms with van der Waals surface area (Å²) in [7, 11) is 3.16. The maximum absolute atomic E-state index is 5.76. The zero-order chi connectivity index (χ0) is 10.4. The Labute approximate surface area is 88.5 Å². The molecule has 0 aliphatic heterocycles. The highest BCUT2D eigenvalue weighted by Gasteiger charge is 2.08. The van der Waals surface area contributed by atoms with Gasteiger partial charge in [0.1, 0.15) is 0 Å². The smallest absolute Gasteiger partial charge is 0.188 e. The van der Waals surface area contributed by atoms with Crippen molar-refractivity contribution in [2.45, 2.75) is 5.88 Å². The maximum Gasteiger partial charge on any atom is 0.188 e. The molecule has 0 unspecified atom stereocenters. The third-order valence-corrected chi connectivity index (χ3v) is 2.03. The van der Waals surface area contributed by atoms with E-state index in [9.17, 15) is 0 Å². The second-order valence-electron chi connectivity index (χ2n) is 2.63. The topological polar surface area (TPSA) is 27.7 Å². The van der Waals surface area contributed by atoms with Gasteiger partial charge in [0.15, 0.2) is 18.3 Å². The van der Waals surface area contributed by atoms with E-state index in [1.807, 2.05) is 18.2 Å². The normalized spacial score (nSPS) is 9.93. The molecule has 78 valence electrons. The average molecular weight is 217 g/mol. The summed E-state index contributed by atoms with van der Waals surface area (Å²) < 4.78 is 15.3. The van der Waals surface area contributed by atoms with Crippen LogP contribution < -0.4 is 9.47 Å². The SMILES string of the molecule is COCOc1c(CCl)cccc1OC. The number of hydrogen-bond acceptors (Lipinski definition) is 3. The fourth-order valence-electron chi connectivity index (χ4n) is 1.11. The average Bonchev–Trinajstić information content (AvgIpc) is 2.25. The van der Waals surface area contributed by atoms with Crippen molar-refractivity contribution in [3.63, 3.8) is 0 Å². The van der Waals surface area contributed by atoms with Gasteiger partial charge >= 0.3 is 0 Å². The molecule has 0 N–H and O–H groups in total. The summed E-state index contributed by atoms with van der Waals surface area (Å²) in [4.78, 5) is 0. The quantitative estimate of drug-likeness (QED) is 0.559. The van der Waals surface area contributed by atoms with Crippen LogP contribution in [0.3, 0.4) is 0 Å². The molecule has 0 bridgehead atoms. The molecule has 0 atom stereocenters. The van der Waals surface area contributed by atoms with Crippen molar-refractivity contribution in [1.29, 1.82) is 0 Å². The standard InChI is InChI=1S/C10H13ClO3/c1-12-7-14-10-8(6-11)4-3-5-9(10)13-2/h3-5H,6-7H2,1-2H3. The van der Waals surface area contributed by atoms with Gasteiger partial charge in [-0.2, -0.15) is 0 Å². The van der Waals surface area contributed by atoms with E-state index in [0.29, 0.717) is 17.4 Å². The van der Waals surface area contributed by atoms with Gasteiger partial charge in [0.25, 0.3) is 0 Å². The van der Waals surface area contributed by atoms with E-state index < -0.39 is 0 Å². The fourth-order valence-corrected chi connectivity index (χ4v) is 1.32. The summed E-state index contributed by atoms with van der Waals surface area (Å²) in [5.41, 5.74) is 0.892. The summed E-state index contributed by atoms with van der Waals surface area (Å²) in [5.74, 6) is 1.70. The Morgan fingerprint density at radius 3 is 2.64 bits per heavy atom. The first-order chi connectivity index (χ1) is 6.83. The van der Waals surface area contributed by atoms with Gasteiger partial charge in [0.2, 0.25) is 0 Å². The van der Waals surface area contributed by atoms with Crippen LogP contribution in [0.4, 0.5) is 0 Å². The largest absolute Gasteiger partial charge is 0.493 e. The lowest BCUT2D eigenvalue weighted by molar-refractivity contribution is 0.0486. The van der Waals surface area contributed by atoms with Crippen LogP contribution in [-0.4, -0.2) is 21.0 Å². The molecular weight excluding hydrogens is 204 g/mol. The minimum absolute atomic E-state index is 0.185. The van der Waals surface area contributed by atoms with Gasteiger partial charge in [0.05, 0.1) is 13.0 Å². The van der Waals surface area contributed by atoms with Gasteiger partial charge < -0.3 is 14.2 Å². The summed E-state index contributed by atoms with van der Waals surface area (Å²) >= 11 is 5.76. The van der Waals surface area contributed by atoms with Crippen LogP contribution in [0.5, 0.6) is 11.5 Å². The number of para-hydroxylation sites is 1. The number of benzene rings is 1. The van der Waals surface area contributed by atoms with Gasteiger partial charge in [-0.25, -0.2) is 0 Å². The van der Waals surface area contributed by atoms with Crippen molar-refractivity contribution >= 4 is 11.6 Å². The first-order valence-electron chi connectivity index (χ1n) is 4.17. The second kappa shape index (κ2) is 5.73. The predicted molar refractivity (Wildman–Crippen MR) is 55.1 cm³/mol. The highest BCUT2D eigenvalue weighted by Crippen LogP contribution is 2.31. The zero-order valence-electron chi connectivity index (χ0n) is 8.25. The molecule has 0 heterocycles. The molecule has 4 heteroatoms. The Morgan fingerprint density at radius 1 is 1.29 bits per heavy atom. The Kier molecular flexibility index (Phi) is 4.56. The van der Waals surface area contributed by atoms with E-state index in [2.05, 4.69) is 0 Å². The molecule has 3 nitrogen and oxygen atoms in total. The van der Waals surface area contributed by atoms with Crippen molar-refractivity contribution in [1.82, 2.24) is 0 Å². The summed E-state index contributed by atoms with van der Waals surface area (Å²) in [5, 5.41) is 0. The van der Waals surface area contributed by atoms with Crippen LogP contribution in [0.15, 0.2) is 18.2 Å². The number of methoxy groups -OCH3 is 2. The van der Waals surface area contributed by atoms with Crippen molar-refractivity contribution in [3.8, 4) is 11.5 Å². The molecule has 0 aromatic heterocycles. The molecule has 0 fully saturated rings. The third-order valence-electron chi connectivity index (χ3n) is 1.75. The number of alkyl halides is 1. The number of rotatable bonds is 5. The minimum atomic E-state index is 0.185. The molecule has 0 spiro atoms. The van der Waals surface area contributed by atoms with Gasteiger partial charge in [-0.3, -0.25) is 0 Å². The molecule has 0 amide bonds. The number of halogens is 1. The highest BCUT2D eigenvalue weighted by molar-refractivity contribution is 6.17. The van der Waals surface area contributed by atoms with Crippen LogP contribution in [0.1, 0.15) is 5.56 Å². The number of ether oxygens (including phenoxy) is 3. The molecule has 0 saturated heterocycles. The minimum Gasteiger partial charge on any atom is -0.493 e. The first-order valence-corrected chi connectivity index (χ1v) is 4.70. The second-order valence-corrected chi connectivity index (χ2v) is 2.90. The lowest BCUT2D eigenvalue weighted by atomic mass is 10.2. The third kappa shape index (κ3) is 2.53. The number of hydrogen-bond donors (Lipinski definition) is 0. The molecule has 0 aliphatic carbocycles. The molecule has 1 aromatic rings. The van der Waals surface area contributed by atoms with E-state index >= 15 is 0 Å². The van der Waals surface area contributed by atoms with Crippen LogP contribution in [-0.2, 0) is 10.6 Å². The van der Waals surface area contributed by atoms with E-state index in [1.165, 1.54) is 0 Å². The molecule has 1 rings (SSSR count). The molecule has 14 heavy (non-hydrogen) atoms. The van der Waals surface area contributed by atoms with Gasteiger partial charge in [0, 0.05) is 12.7 Å². The predicted octanol–water partition coefficient (Wildman–Crippen LogP) is 2.42. The van der Waals surface area contributed by atoms with Crippen molar-refractivity contribution in [2.75, 3.05) is 21.0 Å². The Morgan fingerprint density at radius 2 is 2.07 bits per heavy atom. The van der Waals surface area contributed by atoms with E-state index in [-0.39, 0.29) is 6.79 Å². The molecule has 0 aliphatic rings. The Hall–Kier alpha value is -0.930. The fraction of sp³-hybridized carbons (Fsp3) is 0.400. The first kappa shape index (κ1) is 11.1. The molecule has 0 radical (unpaired) electrons. The van der Waals surface area contributed by atoms with Gasteiger partial charge in [-0.05, 0) is 6.07 Å². The van der Waals surface area contributed by atoms with Crippen LogP contribution in [0.2, 0.25) is 0 Å². The zero-order valence-corrected chi connectivity index (χ0v) is 9.00.